The molecule has 5 aromatic rings. The maximum Gasteiger partial charge on any atom is -1.00 e. The third-order valence-corrected chi connectivity index (χ3v) is 8.02. The van der Waals surface area contributed by atoms with Gasteiger partial charge in [0.05, 0.1) is 10.8 Å². The van der Waals surface area contributed by atoms with Crippen LogP contribution in [-0.4, -0.2) is 0 Å². The van der Waals surface area contributed by atoms with E-state index in [1.54, 1.807) is 0 Å². The molecule has 0 bridgehead atoms. The van der Waals surface area contributed by atoms with E-state index in [2.05, 4.69) is 86.6 Å². The first-order valence-corrected chi connectivity index (χ1v) is 14.1. The molecule has 0 spiro atoms. The van der Waals surface area contributed by atoms with Crippen LogP contribution in [0.3, 0.4) is 0 Å². The van der Waals surface area contributed by atoms with Crippen LogP contribution >= 0.6 is 18.6 Å². The Morgan fingerprint density at radius 2 is 1.16 bits per heavy atom. The van der Waals surface area contributed by atoms with Gasteiger partial charge in [0, 0.05) is 10.5 Å². The molecule has 0 aliphatic rings. The number of fused-ring (bicyclic) bond motifs is 2. The molecule has 1 unspecified atom stereocenters. The molecule has 0 N–H and O–H groups in total. The minimum absolute atomic E-state index is 0. The van der Waals surface area contributed by atoms with Crippen molar-refractivity contribution in [3.63, 3.8) is 0 Å². The molecule has 1 heterocycles. The van der Waals surface area contributed by atoms with E-state index in [4.69, 9.17) is 0 Å². The van der Waals surface area contributed by atoms with Crippen LogP contribution in [-0.2, 0) is 0 Å². The second kappa shape index (κ2) is 10.6. The van der Waals surface area contributed by atoms with Crippen LogP contribution in [0.15, 0.2) is 102 Å². The van der Waals surface area contributed by atoms with E-state index in [9.17, 15) is 25.8 Å². The Hall–Kier alpha value is -3.22. The zero-order valence-corrected chi connectivity index (χ0v) is 21.6. The molecule has 1 atom stereocenters. The molecule has 0 aliphatic heterocycles. The van der Waals surface area contributed by atoms with Crippen molar-refractivity contribution in [2.75, 3.05) is 0 Å². The van der Waals surface area contributed by atoms with Crippen molar-refractivity contribution in [3.8, 4) is 16.0 Å². The summed E-state index contributed by atoms with van der Waals surface area (Å²) in [5, 5.41) is 1.69. The summed E-state index contributed by atoms with van der Waals surface area (Å²) in [5.41, 5.74) is 3.78. The molecule has 4 aromatic carbocycles. The first-order valence-electron chi connectivity index (χ1n) is 11.2. The Morgan fingerprint density at radius 3 is 1.76 bits per heavy atom. The Kier molecular flexibility index (Phi) is 8.15. The summed E-state index contributed by atoms with van der Waals surface area (Å²) >= 11 is 0. The van der Waals surface area contributed by atoms with Gasteiger partial charge >= 0.3 is 29.1 Å². The molecule has 5 rings (SSSR count). The van der Waals surface area contributed by atoms with Crippen LogP contribution in [0.1, 0.15) is 25.3 Å². The average molecular weight is 553 g/mol. The molecular weight excluding hydrogens is 529 g/mol. The van der Waals surface area contributed by atoms with Crippen LogP contribution < -0.4 is 10.1 Å². The van der Waals surface area contributed by atoms with E-state index in [1.807, 2.05) is 24.3 Å². The van der Waals surface area contributed by atoms with Crippen molar-refractivity contribution >= 4 is 38.8 Å². The van der Waals surface area contributed by atoms with Crippen LogP contribution in [0.5, 0.6) is 0 Å². The average Bonchev–Trinajstić information content (AvgIpc) is 2.83. The van der Waals surface area contributed by atoms with Crippen LogP contribution in [0.2, 0.25) is 0 Å². The molecule has 0 radical (unpaired) electrons. The first kappa shape index (κ1) is 28.4. The minimum Gasteiger partial charge on any atom is -1.00 e. The Morgan fingerprint density at radius 1 is 0.649 bits per heavy atom. The van der Waals surface area contributed by atoms with E-state index in [0.717, 1.165) is 20.2 Å². The number of benzene rings is 4. The monoisotopic (exact) mass is 552 g/mol. The zero-order valence-electron chi connectivity index (χ0n) is 19.8. The Labute approximate surface area is 213 Å². The molecule has 0 saturated carbocycles. The first-order chi connectivity index (χ1) is 16.9. The molecule has 1 aromatic heterocycles. The Balaban J connectivity index is 0.000000489. The van der Waals surface area contributed by atoms with E-state index in [1.165, 1.54) is 21.6 Å². The van der Waals surface area contributed by atoms with Gasteiger partial charge in [0.2, 0.25) is 5.43 Å². The van der Waals surface area contributed by atoms with Gasteiger partial charge in [0.15, 0.2) is 14.3 Å². The maximum atomic E-state index is 13.3. The summed E-state index contributed by atoms with van der Waals surface area (Å²) in [6, 6.07) is 33.8. The normalized spacial score (nSPS) is 12.9. The number of halogens is 6. The fourth-order valence-electron chi connectivity index (χ4n) is 4.03. The van der Waals surface area contributed by atoms with Crippen molar-refractivity contribution in [1.29, 1.82) is 0 Å². The van der Waals surface area contributed by atoms with E-state index in [-0.39, 0.29) is 20.6 Å². The van der Waals surface area contributed by atoms with Crippen LogP contribution in [0.4, 0.5) is 21.0 Å². The number of hydrogen-bond acceptors (Lipinski definition) is 1. The van der Waals surface area contributed by atoms with Gasteiger partial charge in [-0.3, -0.25) is 4.79 Å². The minimum atomic E-state index is -8.55. The molecule has 37 heavy (non-hydrogen) atoms. The van der Waals surface area contributed by atoms with E-state index in [0.29, 0.717) is 5.92 Å². The molecule has 9 heteroatoms. The quantitative estimate of drug-likeness (QED) is 0.0965. The van der Waals surface area contributed by atoms with Gasteiger partial charge in [0.25, 0.3) is 0 Å². The molecule has 0 aliphatic carbocycles. The number of hydrogen-bond donors (Lipinski definition) is 0. The second-order valence-electron chi connectivity index (χ2n) is 8.57. The summed E-state index contributed by atoms with van der Waals surface area (Å²) in [7, 11) is -8.84. The summed E-state index contributed by atoms with van der Waals surface area (Å²) in [6.45, 7) is 4.34. The van der Waals surface area contributed by atoms with Gasteiger partial charge in [-0.25, -0.2) is 0 Å². The van der Waals surface area contributed by atoms with Gasteiger partial charge in [-0.2, -0.15) is 0 Å². The fraction of sp³-hybridized carbons (Fsp3) is 0.107. The zero-order chi connectivity index (χ0) is 26.1. The summed E-state index contributed by atoms with van der Waals surface area (Å²) in [5.74, 6) is 0.396. The van der Waals surface area contributed by atoms with Gasteiger partial charge in [0.1, 0.15) is 0 Å². The molecule has 1 nitrogen and oxygen atoms in total. The van der Waals surface area contributed by atoms with Gasteiger partial charge in [-0.05, 0) is 71.1 Å². The SMILES string of the molecule is CC(C)c1ccc2c(c1)c(=O)c1ccccc1[s+]2-c1ccc(-c2ccccc2)cc1.FP(F)(F)(F)F.[F-]. The predicted octanol–water partition coefficient (Wildman–Crippen LogP) is 7.85. The van der Waals surface area contributed by atoms with Crippen molar-refractivity contribution < 1.29 is 25.7 Å². The van der Waals surface area contributed by atoms with Crippen LogP contribution in [0, 0.1) is 0 Å². The third kappa shape index (κ3) is 6.96. The maximum absolute atomic E-state index is 13.3. The van der Waals surface area contributed by atoms with Gasteiger partial charge in [-0.15, -0.1) is 0 Å². The topological polar surface area (TPSA) is 17.1 Å². The van der Waals surface area contributed by atoms with Crippen molar-refractivity contribution in [3.05, 3.63) is 113 Å². The van der Waals surface area contributed by atoms with E-state index < -0.39 is 8.16 Å². The summed E-state index contributed by atoms with van der Waals surface area (Å²) < 4.78 is 51.5. The fourth-order valence-corrected chi connectivity index (χ4v) is 6.35. The predicted molar refractivity (Wildman–Crippen MR) is 144 cm³/mol. The molecular formula is C28H23F6OPS. The molecule has 0 amide bonds. The van der Waals surface area contributed by atoms with Gasteiger partial charge in [-0.1, -0.05) is 62.4 Å². The smallest absolute Gasteiger partial charge is 1.00 e. The Bertz CT molecular complexity index is 1570. The largest absolute Gasteiger partial charge is 1.00 e. The molecule has 0 fully saturated rings. The van der Waals surface area contributed by atoms with Crippen LogP contribution in [0.25, 0.3) is 36.2 Å². The number of rotatable bonds is 3. The molecule has 194 valence electrons. The summed E-state index contributed by atoms with van der Waals surface area (Å²) in [4.78, 5) is 14.5. The molecule has 0 saturated heterocycles. The van der Waals surface area contributed by atoms with Crippen molar-refractivity contribution in [2.24, 2.45) is 0 Å². The standard InChI is InChI=1S/C28H23OS.F5P.FH/c1-19(2)22-14-17-27-25(18-22)28(29)24-10-6-7-11-26(24)30(27)23-15-12-21(13-16-23)20-8-4-3-5-9-20;1-6(2,3,4)5;/h3-19H,1-2H3;;1H/q+1;;/p-1. The summed E-state index contributed by atoms with van der Waals surface area (Å²) in [6.07, 6.45) is 0. The third-order valence-electron chi connectivity index (χ3n) is 5.68. The van der Waals surface area contributed by atoms with E-state index >= 15 is 0 Å². The van der Waals surface area contributed by atoms with Crippen molar-refractivity contribution in [2.45, 2.75) is 19.8 Å². The van der Waals surface area contributed by atoms with Gasteiger partial charge < -0.3 is 4.70 Å². The van der Waals surface area contributed by atoms with Crippen molar-refractivity contribution in [1.82, 2.24) is 0 Å². The second-order valence-corrected chi connectivity index (χ2v) is 11.8.